The number of halogens is 1. The largest absolute Gasteiger partial charge is 0.354 e. The Morgan fingerprint density at radius 1 is 1.17 bits per heavy atom. The van der Waals surface area contributed by atoms with Gasteiger partial charge in [0.2, 0.25) is 5.91 Å². The lowest BCUT2D eigenvalue weighted by molar-refractivity contribution is -0.126. The van der Waals surface area contributed by atoms with Gasteiger partial charge in [-0.15, -0.1) is 0 Å². The topological polar surface area (TPSA) is 58.4 Å². The summed E-state index contributed by atoms with van der Waals surface area (Å²) < 4.78 is 1.61. The van der Waals surface area contributed by atoms with Crippen LogP contribution in [0.1, 0.15) is 6.92 Å². The van der Waals surface area contributed by atoms with Crippen LogP contribution in [0.5, 0.6) is 0 Å². The van der Waals surface area contributed by atoms with Crippen molar-refractivity contribution in [3.05, 3.63) is 82.1 Å². The van der Waals surface area contributed by atoms with Crippen LogP contribution < -0.4 is 10.6 Å². The summed E-state index contributed by atoms with van der Waals surface area (Å²) in [6.07, 6.45) is 3.11. The Kier molecular flexibility index (Phi) is 5.62. The van der Waals surface area contributed by atoms with Crippen molar-refractivity contribution in [2.75, 3.05) is 24.5 Å². The highest BCUT2D eigenvalue weighted by molar-refractivity contribution is 8.02. The van der Waals surface area contributed by atoms with E-state index in [2.05, 4.69) is 40.7 Å². The average molecular weight is 515 g/mol. The fraction of sp³-hybridized carbons (Fsp3) is 0.179. The first-order valence-corrected chi connectivity index (χ1v) is 13.0. The summed E-state index contributed by atoms with van der Waals surface area (Å²) in [4.78, 5) is 34.7. The Labute approximate surface area is 217 Å². The summed E-state index contributed by atoms with van der Waals surface area (Å²) in [5, 5.41) is 5.57. The molecule has 2 aliphatic rings. The van der Waals surface area contributed by atoms with Crippen LogP contribution in [0.2, 0.25) is 5.02 Å². The third kappa shape index (κ3) is 3.53. The van der Waals surface area contributed by atoms with Crippen molar-refractivity contribution in [3.8, 4) is 11.1 Å². The van der Waals surface area contributed by atoms with Gasteiger partial charge in [0, 0.05) is 47.7 Å². The van der Waals surface area contributed by atoms with E-state index in [0.717, 1.165) is 37.7 Å². The van der Waals surface area contributed by atoms with E-state index in [-0.39, 0.29) is 17.6 Å². The monoisotopic (exact) mass is 514 g/mol. The van der Waals surface area contributed by atoms with Crippen molar-refractivity contribution in [2.24, 2.45) is 0 Å². The van der Waals surface area contributed by atoms with Crippen LogP contribution in [-0.2, 0) is 4.79 Å². The maximum atomic E-state index is 13.2. The van der Waals surface area contributed by atoms with Crippen LogP contribution >= 0.6 is 23.4 Å². The molecule has 0 radical (unpaired) electrons. The Morgan fingerprint density at radius 2 is 1.97 bits per heavy atom. The van der Waals surface area contributed by atoms with E-state index in [1.165, 1.54) is 6.08 Å². The molecule has 1 saturated heterocycles. The predicted molar refractivity (Wildman–Crippen MR) is 149 cm³/mol. The maximum Gasteiger partial charge on any atom is 0.354 e. The van der Waals surface area contributed by atoms with Crippen LogP contribution in [0.4, 0.5) is 5.82 Å². The Bertz CT molecular complexity index is 1660. The Balaban J connectivity index is 1.58. The predicted octanol–water partition coefficient (Wildman–Crippen LogP) is 5.63. The molecule has 4 aromatic rings. The summed E-state index contributed by atoms with van der Waals surface area (Å²) in [5.41, 5.74) is 2.41. The molecular weight excluding hydrogens is 492 g/mol. The first kappa shape index (κ1) is 22.9. The number of amides is 1. The summed E-state index contributed by atoms with van der Waals surface area (Å²) in [7, 11) is 0. The van der Waals surface area contributed by atoms with Crippen LogP contribution in [0.3, 0.4) is 0 Å². The minimum atomic E-state index is -0.335. The molecular formula is C28H23ClN4O2S. The lowest BCUT2D eigenvalue weighted by Crippen LogP contribution is -2.54. The minimum absolute atomic E-state index is 0.0281. The van der Waals surface area contributed by atoms with E-state index in [4.69, 9.17) is 11.6 Å². The SMILES string of the molecule is C=CC(=O)N1CCN(c2nc(=O)n3c4c(c(-c5cccc6ccccc56)c(Cl)cc24)SC=C3)[C@@H](C)C1. The molecule has 0 saturated carbocycles. The smallest absolute Gasteiger partial charge is 0.350 e. The highest BCUT2D eigenvalue weighted by Crippen LogP contribution is 2.47. The zero-order valence-electron chi connectivity index (χ0n) is 19.6. The normalized spacial score (nSPS) is 17.1. The Morgan fingerprint density at radius 3 is 2.78 bits per heavy atom. The third-order valence-corrected chi connectivity index (χ3v) is 8.13. The number of hydrogen-bond donors (Lipinski definition) is 0. The number of benzene rings is 3. The lowest BCUT2D eigenvalue weighted by atomic mass is 9.97. The summed E-state index contributed by atoms with van der Waals surface area (Å²) >= 11 is 8.60. The van der Waals surface area contributed by atoms with Crippen molar-refractivity contribution in [1.29, 1.82) is 0 Å². The average Bonchev–Trinajstić information content (AvgIpc) is 2.90. The summed E-state index contributed by atoms with van der Waals surface area (Å²) in [6, 6.07) is 16.3. The van der Waals surface area contributed by atoms with Crippen LogP contribution in [0.15, 0.2) is 76.3 Å². The van der Waals surface area contributed by atoms with E-state index in [9.17, 15) is 9.59 Å². The van der Waals surface area contributed by atoms with Gasteiger partial charge in [-0.1, -0.05) is 72.4 Å². The van der Waals surface area contributed by atoms with Gasteiger partial charge < -0.3 is 9.80 Å². The van der Waals surface area contributed by atoms with Crippen LogP contribution in [0, 0.1) is 0 Å². The number of thioether (sulfide) groups is 1. The molecule has 0 unspecified atom stereocenters. The molecule has 180 valence electrons. The minimum Gasteiger partial charge on any atom is -0.350 e. The standard InChI is InChI=1S/C28H23ClN4O2S/c1-3-23(34)31-11-12-32(17(2)16-31)27-21-15-22(29)24(20-10-6-8-18-7-4-5-9-19(18)20)26-25(21)33(13-14-36-26)28(35)30-27/h3-10,13-15,17H,1,11-12,16H2,2H3/t17-/m0/s1. The molecule has 8 heteroatoms. The number of rotatable bonds is 3. The zero-order chi connectivity index (χ0) is 25.0. The molecule has 0 spiro atoms. The summed E-state index contributed by atoms with van der Waals surface area (Å²) in [6.45, 7) is 7.26. The fourth-order valence-corrected chi connectivity index (χ4v) is 6.59. The van der Waals surface area contributed by atoms with Gasteiger partial charge in [0.1, 0.15) is 5.82 Å². The van der Waals surface area contributed by atoms with Crippen molar-refractivity contribution >= 4 is 63.0 Å². The number of aromatic nitrogens is 2. The number of fused-ring (bicyclic) bond motifs is 1. The second kappa shape index (κ2) is 8.84. The molecule has 6 nitrogen and oxygen atoms in total. The van der Waals surface area contributed by atoms with Crippen molar-refractivity contribution in [2.45, 2.75) is 17.9 Å². The number of piperazine rings is 1. The van der Waals surface area contributed by atoms with E-state index in [1.807, 2.05) is 36.6 Å². The highest BCUT2D eigenvalue weighted by Gasteiger charge is 2.30. The number of carbonyl (C=O) groups is 1. The number of nitrogens with zero attached hydrogens (tertiary/aromatic N) is 4. The van der Waals surface area contributed by atoms with E-state index in [0.29, 0.717) is 30.5 Å². The van der Waals surface area contributed by atoms with Gasteiger partial charge in [-0.2, -0.15) is 4.98 Å². The van der Waals surface area contributed by atoms with Gasteiger partial charge in [-0.3, -0.25) is 9.36 Å². The van der Waals surface area contributed by atoms with E-state index >= 15 is 0 Å². The van der Waals surface area contributed by atoms with Gasteiger partial charge in [0.15, 0.2) is 0 Å². The first-order valence-electron chi connectivity index (χ1n) is 11.8. The molecule has 0 aliphatic carbocycles. The molecule has 1 fully saturated rings. The van der Waals surface area contributed by atoms with E-state index in [1.54, 1.807) is 27.4 Å². The van der Waals surface area contributed by atoms with Crippen molar-refractivity contribution in [3.63, 3.8) is 0 Å². The molecule has 1 aromatic heterocycles. The lowest BCUT2D eigenvalue weighted by Gasteiger charge is -2.40. The molecule has 0 bridgehead atoms. The molecule has 2 aliphatic heterocycles. The first-order chi connectivity index (χ1) is 17.5. The molecule has 3 heterocycles. The summed E-state index contributed by atoms with van der Waals surface area (Å²) in [5.74, 6) is 0.517. The second-order valence-electron chi connectivity index (χ2n) is 9.01. The molecule has 1 atom stereocenters. The van der Waals surface area contributed by atoms with Crippen LogP contribution in [-0.4, -0.2) is 46.0 Å². The third-order valence-electron chi connectivity index (χ3n) is 6.94. The van der Waals surface area contributed by atoms with Crippen molar-refractivity contribution < 1.29 is 4.79 Å². The van der Waals surface area contributed by atoms with Crippen molar-refractivity contribution in [1.82, 2.24) is 14.5 Å². The fourth-order valence-electron chi connectivity index (χ4n) is 5.25. The van der Waals surface area contributed by atoms with Gasteiger partial charge in [0.05, 0.1) is 10.5 Å². The number of anilines is 1. The van der Waals surface area contributed by atoms with Gasteiger partial charge in [-0.25, -0.2) is 4.79 Å². The molecule has 0 N–H and O–H groups in total. The second-order valence-corrected chi connectivity index (χ2v) is 10.3. The number of hydrogen-bond acceptors (Lipinski definition) is 5. The zero-order valence-corrected chi connectivity index (χ0v) is 21.2. The molecule has 3 aromatic carbocycles. The number of carbonyl (C=O) groups excluding carboxylic acids is 1. The van der Waals surface area contributed by atoms with E-state index < -0.39 is 0 Å². The quantitative estimate of drug-likeness (QED) is 0.332. The van der Waals surface area contributed by atoms with Gasteiger partial charge >= 0.3 is 5.69 Å². The maximum absolute atomic E-state index is 13.2. The van der Waals surface area contributed by atoms with Gasteiger partial charge in [0.25, 0.3) is 0 Å². The Hall–Kier alpha value is -3.55. The van der Waals surface area contributed by atoms with Gasteiger partial charge in [-0.05, 0) is 40.8 Å². The van der Waals surface area contributed by atoms with Crippen LogP contribution in [0.25, 0.3) is 39.0 Å². The highest BCUT2D eigenvalue weighted by atomic mass is 35.5. The molecule has 36 heavy (non-hydrogen) atoms. The molecule has 1 amide bonds. The molecule has 6 rings (SSSR count).